The Labute approximate surface area is 144 Å². The third kappa shape index (κ3) is 4.78. The first-order chi connectivity index (χ1) is 10.7. The van der Waals surface area contributed by atoms with Gasteiger partial charge in [0.05, 0.1) is 0 Å². The lowest BCUT2D eigenvalue weighted by molar-refractivity contribution is 0.937. The average molecular weight is 378 g/mol. The van der Waals surface area contributed by atoms with Crippen molar-refractivity contribution in [1.82, 2.24) is 5.32 Å². The maximum absolute atomic E-state index is 7.85. The van der Waals surface area contributed by atoms with E-state index in [-0.39, 0.29) is 0 Å². The Hall–Kier alpha value is -1.46. The summed E-state index contributed by atoms with van der Waals surface area (Å²) < 4.78 is 0. The molecular formula is C17H20BrN3S. The van der Waals surface area contributed by atoms with Gasteiger partial charge >= 0.3 is 0 Å². The second-order valence-electron chi connectivity index (χ2n) is 4.81. The smallest absolute Gasteiger partial charge is 0.195 e. The van der Waals surface area contributed by atoms with E-state index in [9.17, 15) is 0 Å². The quantitative estimate of drug-likeness (QED) is 0.305. The molecule has 0 aromatic heterocycles. The molecule has 0 bridgehead atoms. The van der Waals surface area contributed by atoms with Gasteiger partial charge in [0.2, 0.25) is 0 Å². The van der Waals surface area contributed by atoms with Gasteiger partial charge in [-0.25, -0.2) is 0 Å². The first-order valence-corrected chi connectivity index (χ1v) is 9.37. The summed E-state index contributed by atoms with van der Waals surface area (Å²) in [5.41, 5.74) is 3.88. The second kappa shape index (κ2) is 8.25. The molecule has 0 unspecified atom stereocenters. The zero-order valence-electron chi connectivity index (χ0n) is 12.8. The van der Waals surface area contributed by atoms with E-state index < -0.39 is 0 Å². The van der Waals surface area contributed by atoms with E-state index in [1.165, 1.54) is 16.0 Å². The van der Waals surface area contributed by atoms with Crippen molar-refractivity contribution in [3.05, 3.63) is 48.5 Å². The molecule has 0 saturated carbocycles. The second-order valence-corrected chi connectivity index (χ2v) is 6.48. The number of anilines is 1. The van der Waals surface area contributed by atoms with Crippen LogP contribution in [0.25, 0.3) is 11.1 Å². The van der Waals surface area contributed by atoms with Crippen LogP contribution in [0.3, 0.4) is 0 Å². The molecule has 0 heterocycles. The molecule has 0 radical (unpaired) electrons. The summed E-state index contributed by atoms with van der Waals surface area (Å²) in [6.07, 6.45) is 2.05. The molecule has 1 aromatic rings. The van der Waals surface area contributed by atoms with Crippen LogP contribution in [-0.2, 0) is 0 Å². The Kier molecular flexibility index (Phi) is 6.34. The van der Waals surface area contributed by atoms with E-state index >= 15 is 0 Å². The summed E-state index contributed by atoms with van der Waals surface area (Å²) in [4.78, 5) is 3.04. The van der Waals surface area contributed by atoms with Crippen molar-refractivity contribution in [1.29, 1.82) is 5.41 Å². The monoisotopic (exact) mass is 377 g/mol. The Balaban J connectivity index is 0.000000238. The highest BCUT2D eigenvalue weighted by Crippen LogP contribution is 2.32. The summed E-state index contributed by atoms with van der Waals surface area (Å²) >= 11 is 5.03. The van der Waals surface area contributed by atoms with Crippen LogP contribution in [0.1, 0.15) is 0 Å². The summed E-state index contributed by atoms with van der Waals surface area (Å²) in [7, 11) is 1.89. The summed E-state index contributed by atoms with van der Waals surface area (Å²) in [6.45, 7) is 0.755. The van der Waals surface area contributed by atoms with Crippen LogP contribution >= 0.6 is 27.7 Å². The zero-order chi connectivity index (χ0) is 15.9. The topological polar surface area (TPSA) is 39.1 Å². The van der Waals surface area contributed by atoms with E-state index in [1.54, 1.807) is 11.8 Å². The van der Waals surface area contributed by atoms with Gasteiger partial charge in [-0.3, -0.25) is 5.41 Å². The summed E-state index contributed by atoms with van der Waals surface area (Å²) in [5.74, 6) is 0.415. The Bertz CT molecular complexity index is 628. The van der Waals surface area contributed by atoms with Crippen LogP contribution in [0.5, 0.6) is 0 Å². The highest BCUT2D eigenvalue weighted by Gasteiger charge is 2.07. The number of halogens is 1. The molecule has 0 aliphatic heterocycles. The first-order valence-electron chi connectivity index (χ1n) is 7.02. The normalized spacial score (nSPS) is 10.3. The van der Waals surface area contributed by atoms with E-state index in [2.05, 4.69) is 57.6 Å². The van der Waals surface area contributed by atoms with Crippen molar-refractivity contribution in [2.75, 3.05) is 30.1 Å². The van der Waals surface area contributed by atoms with E-state index in [4.69, 9.17) is 5.41 Å². The van der Waals surface area contributed by atoms with Crippen LogP contribution in [-0.4, -0.2) is 31.1 Å². The Morgan fingerprint density at radius 2 is 1.86 bits per heavy atom. The fraction of sp³-hybridized carbons (Fsp3) is 0.235. The fourth-order valence-electron chi connectivity index (χ4n) is 1.91. The lowest BCUT2D eigenvalue weighted by atomic mass is 10.3. The van der Waals surface area contributed by atoms with E-state index in [0.29, 0.717) is 5.96 Å². The van der Waals surface area contributed by atoms with Gasteiger partial charge in [-0.05, 0) is 41.6 Å². The Morgan fingerprint density at radius 1 is 1.18 bits per heavy atom. The largest absolute Gasteiger partial charge is 0.355 e. The van der Waals surface area contributed by atoms with Crippen LogP contribution < -0.4 is 10.2 Å². The molecule has 1 aromatic carbocycles. The van der Waals surface area contributed by atoms with Gasteiger partial charge < -0.3 is 10.2 Å². The van der Waals surface area contributed by atoms with Crippen molar-refractivity contribution in [2.24, 2.45) is 0 Å². The Morgan fingerprint density at radius 3 is 2.36 bits per heavy atom. The number of guanidine groups is 1. The van der Waals surface area contributed by atoms with Crippen LogP contribution in [0, 0.1) is 5.41 Å². The minimum absolute atomic E-state index is 0.415. The molecular weight excluding hydrogens is 358 g/mol. The van der Waals surface area contributed by atoms with E-state index in [0.717, 1.165) is 17.6 Å². The predicted octanol–water partition coefficient (Wildman–Crippen LogP) is 4.43. The van der Waals surface area contributed by atoms with Gasteiger partial charge in [-0.1, -0.05) is 40.2 Å². The standard InChI is InChI=1S/C11H16BrN3S.C6H4/c1-15(11(13)14-7-6-12)9-4-3-5-10(8-9)16-2;1-2-5-4-6(5)3-1/h3-5,8H,6-7H2,1-2H3,(H2,13,14);1-4H. The number of hydrogen-bond acceptors (Lipinski definition) is 2. The molecule has 2 aliphatic carbocycles. The van der Waals surface area contributed by atoms with Gasteiger partial charge in [-0.15, -0.1) is 11.8 Å². The fourth-order valence-corrected chi connectivity index (χ4v) is 2.56. The maximum atomic E-state index is 7.85. The number of thioether (sulfide) groups is 1. The molecule has 0 spiro atoms. The molecule has 2 N–H and O–H groups in total. The molecule has 22 heavy (non-hydrogen) atoms. The molecule has 0 amide bonds. The van der Waals surface area contributed by atoms with Gasteiger partial charge in [-0.2, -0.15) is 0 Å². The van der Waals surface area contributed by atoms with Crippen molar-refractivity contribution in [3.63, 3.8) is 0 Å². The molecule has 3 nitrogen and oxygen atoms in total. The number of nitrogens with zero attached hydrogens (tertiary/aromatic N) is 1. The minimum atomic E-state index is 0.415. The van der Waals surface area contributed by atoms with Crippen molar-refractivity contribution < 1.29 is 0 Å². The highest BCUT2D eigenvalue weighted by molar-refractivity contribution is 9.09. The lowest BCUT2D eigenvalue weighted by Gasteiger charge is -2.21. The number of alkyl halides is 1. The third-order valence-corrected chi connectivity index (χ3v) is 4.40. The molecule has 0 saturated heterocycles. The number of benzene rings is 2. The number of rotatable bonds is 4. The average Bonchev–Trinajstić information content (AvgIpc) is 3.17. The predicted molar refractivity (Wildman–Crippen MR) is 102 cm³/mol. The lowest BCUT2D eigenvalue weighted by Crippen LogP contribution is -2.38. The molecule has 2 aliphatic rings. The first kappa shape index (κ1) is 16.9. The molecule has 3 rings (SSSR count). The molecule has 0 fully saturated rings. The van der Waals surface area contributed by atoms with Crippen molar-refractivity contribution >= 4 is 39.3 Å². The van der Waals surface area contributed by atoms with Crippen molar-refractivity contribution in [3.8, 4) is 11.1 Å². The minimum Gasteiger partial charge on any atom is -0.355 e. The molecule has 5 heteroatoms. The van der Waals surface area contributed by atoms with Crippen molar-refractivity contribution in [2.45, 2.75) is 4.90 Å². The van der Waals surface area contributed by atoms with Gasteiger partial charge in [0.15, 0.2) is 5.96 Å². The number of hydrogen-bond donors (Lipinski definition) is 2. The van der Waals surface area contributed by atoms with Crippen LogP contribution in [0.15, 0.2) is 53.4 Å². The highest BCUT2D eigenvalue weighted by atomic mass is 79.9. The van der Waals surface area contributed by atoms with Crippen LogP contribution in [0.2, 0.25) is 0 Å². The number of fused-ring (bicyclic) bond motifs is 1. The van der Waals surface area contributed by atoms with Gasteiger partial charge in [0, 0.05) is 29.5 Å². The summed E-state index contributed by atoms with van der Waals surface area (Å²) in [6, 6.07) is 16.6. The van der Waals surface area contributed by atoms with Gasteiger partial charge in [0.25, 0.3) is 0 Å². The van der Waals surface area contributed by atoms with Crippen LogP contribution in [0.4, 0.5) is 5.69 Å². The van der Waals surface area contributed by atoms with E-state index in [1.807, 2.05) is 30.3 Å². The zero-order valence-corrected chi connectivity index (χ0v) is 15.2. The summed E-state index contributed by atoms with van der Waals surface area (Å²) in [5, 5.41) is 11.7. The van der Waals surface area contributed by atoms with Gasteiger partial charge in [0.1, 0.15) is 0 Å². The number of nitrogens with one attached hydrogen (secondary N) is 2. The molecule has 116 valence electrons. The third-order valence-electron chi connectivity index (χ3n) is 3.28. The maximum Gasteiger partial charge on any atom is 0.195 e. The molecule has 0 atom stereocenters. The SMILES string of the molecule is CSc1cccc(N(C)C(=N)NCCBr)c1.c1cc2cc-2c1.